The number of para-hydroxylation sites is 2. The molecule has 1 aliphatic rings. The van der Waals surface area contributed by atoms with Gasteiger partial charge in [0.2, 0.25) is 5.91 Å². The molecule has 32 heavy (non-hydrogen) atoms. The number of piperazine rings is 1. The van der Waals surface area contributed by atoms with Gasteiger partial charge in [-0.3, -0.25) is 14.3 Å². The molecule has 7 heteroatoms. The van der Waals surface area contributed by atoms with Crippen LogP contribution in [0.4, 0.5) is 0 Å². The number of rotatable bonds is 9. The highest BCUT2D eigenvalue weighted by atomic mass is 16.4. The normalized spacial score (nSPS) is 16.3. The molecule has 4 rings (SSSR count). The molecule has 1 aromatic heterocycles. The van der Waals surface area contributed by atoms with E-state index in [1.165, 1.54) is 10.1 Å². The minimum absolute atomic E-state index is 0.159. The largest absolute Gasteiger partial charge is 0.420 e. The monoisotopic (exact) mass is 436 g/mol. The quantitative estimate of drug-likeness (QED) is 0.523. The number of aromatic nitrogens is 1. The number of amides is 1. The summed E-state index contributed by atoms with van der Waals surface area (Å²) in [5, 5.41) is 2.97. The van der Waals surface area contributed by atoms with Crippen LogP contribution in [0.25, 0.3) is 11.1 Å². The third-order valence-corrected chi connectivity index (χ3v) is 6.20. The van der Waals surface area contributed by atoms with E-state index in [1.54, 1.807) is 19.1 Å². The number of benzene rings is 2. The van der Waals surface area contributed by atoms with Gasteiger partial charge in [0.15, 0.2) is 5.58 Å². The number of hydrogen-bond acceptors (Lipinski definition) is 5. The summed E-state index contributed by atoms with van der Waals surface area (Å²) >= 11 is 0. The van der Waals surface area contributed by atoms with Crippen LogP contribution in [0.15, 0.2) is 63.8 Å². The first-order chi connectivity index (χ1) is 15.6. The molecule has 0 spiro atoms. The summed E-state index contributed by atoms with van der Waals surface area (Å²) < 4.78 is 6.66. The average Bonchev–Trinajstić information content (AvgIpc) is 3.15. The minimum Gasteiger partial charge on any atom is -0.408 e. The van der Waals surface area contributed by atoms with Crippen LogP contribution >= 0.6 is 0 Å². The van der Waals surface area contributed by atoms with Gasteiger partial charge in [-0.1, -0.05) is 42.5 Å². The van der Waals surface area contributed by atoms with Crippen LogP contribution in [0.2, 0.25) is 0 Å². The Bertz CT molecular complexity index is 1070. The number of oxazole rings is 1. The molecule has 0 aliphatic carbocycles. The average molecular weight is 437 g/mol. The maximum absolute atomic E-state index is 12.6. The maximum atomic E-state index is 12.6. The van der Waals surface area contributed by atoms with Gasteiger partial charge < -0.3 is 14.6 Å². The fourth-order valence-electron chi connectivity index (χ4n) is 4.30. The molecule has 1 unspecified atom stereocenters. The Balaban J connectivity index is 1.14. The molecule has 1 N–H and O–H groups in total. The summed E-state index contributed by atoms with van der Waals surface area (Å²) in [4.78, 5) is 29.7. The van der Waals surface area contributed by atoms with Gasteiger partial charge in [0.25, 0.3) is 0 Å². The third kappa shape index (κ3) is 5.47. The Morgan fingerprint density at radius 2 is 1.66 bits per heavy atom. The lowest BCUT2D eigenvalue weighted by Gasteiger charge is -2.34. The van der Waals surface area contributed by atoms with Crippen LogP contribution < -0.4 is 11.1 Å². The van der Waals surface area contributed by atoms with Gasteiger partial charge in [-0.2, -0.15) is 0 Å². The van der Waals surface area contributed by atoms with Crippen LogP contribution in [0.5, 0.6) is 0 Å². The highest BCUT2D eigenvalue weighted by molar-refractivity contribution is 5.82. The summed E-state index contributed by atoms with van der Waals surface area (Å²) in [6.45, 7) is 8.78. The van der Waals surface area contributed by atoms with Crippen molar-refractivity contribution in [3.05, 3.63) is 70.7 Å². The number of unbranched alkanes of at least 4 members (excludes halogenated alkanes) is 1. The number of nitrogens with zero attached hydrogens (tertiary/aromatic N) is 3. The molecule has 1 amide bonds. The van der Waals surface area contributed by atoms with Crippen molar-refractivity contribution in [3.63, 3.8) is 0 Å². The molecule has 1 atom stereocenters. The molecular formula is C25H32N4O3. The lowest BCUT2D eigenvalue weighted by Crippen LogP contribution is -2.46. The third-order valence-electron chi connectivity index (χ3n) is 6.20. The van der Waals surface area contributed by atoms with Gasteiger partial charge in [-0.25, -0.2) is 4.79 Å². The predicted octanol–water partition coefficient (Wildman–Crippen LogP) is 2.87. The van der Waals surface area contributed by atoms with Crippen molar-refractivity contribution in [2.75, 3.05) is 39.3 Å². The Kier molecular flexibility index (Phi) is 7.39. The Labute approximate surface area is 188 Å². The SMILES string of the molecule is CC(C(=O)NCCCCN1CCN(Cc2ccccc2)CC1)n1c(=O)oc2ccccc21. The van der Waals surface area contributed by atoms with E-state index in [2.05, 4.69) is 45.4 Å². The number of hydrogen-bond donors (Lipinski definition) is 1. The van der Waals surface area contributed by atoms with Gasteiger partial charge in [0, 0.05) is 39.3 Å². The van der Waals surface area contributed by atoms with Crippen LogP contribution in [-0.4, -0.2) is 59.5 Å². The van der Waals surface area contributed by atoms with Gasteiger partial charge in [-0.05, 0) is 44.0 Å². The van der Waals surface area contributed by atoms with Crippen molar-refractivity contribution < 1.29 is 9.21 Å². The molecule has 1 aliphatic heterocycles. The second-order valence-corrected chi connectivity index (χ2v) is 8.48. The van der Waals surface area contributed by atoms with E-state index in [9.17, 15) is 9.59 Å². The van der Waals surface area contributed by atoms with E-state index in [-0.39, 0.29) is 5.91 Å². The molecule has 0 radical (unpaired) electrons. The smallest absolute Gasteiger partial charge is 0.408 e. The lowest BCUT2D eigenvalue weighted by molar-refractivity contribution is -0.123. The maximum Gasteiger partial charge on any atom is 0.420 e. The topological polar surface area (TPSA) is 70.7 Å². The number of carbonyl (C=O) groups is 1. The fraction of sp³-hybridized carbons (Fsp3) is 0.440. The molecule has 1 fully saturated rings. The highest BCUT2D eigenvalue weighted by Crippen LogP contribution is 2.16. The number of nitrogens with one attached hydrogen (secondary N) is 1. The van der Waals surface area contributed by atoms with Crippen molar-refractivity contribution in [2.45, 2.75) is 32.4 Å². The predicted molar refractivity (Wildman–Crippen MR) is 126 cm³/mol. The van der Waals surface area contributed by atoms with E-state index >= 15 is 0 Å². The second-order valence-electron chi connectivity index (χ2n) is 8.48. The van der Waals surface area contributed by atoms with Gasteiger partial charge in [0.1, 0.15) is 6.04 Å². The van der Waals surface area contributed by atoms with Gasteiger partial charge in [0.05, 0.1) is 5.52 Å². The van der Waals surface area contributed by atoms with Crippen LogP contribution in [0.1, 0.15) is 31.4 Å². The van der Waals surface area contributed by atoms with E-state index in [1.807, 2.05) is 12.1 Å². The van der Waals surface area contributed by atoms with Crippen molar-refractivity contribution in [3.8, 4) is 0 Å². The standard InChI is InChI=1S/C25H32N4O3/c1-20(29-22-11-5-6-12-23(22)32-25(29)31)24(30)26-13-7-8-14-27-15-17-28(18-16-27)19-21-9-3-2-4-10-21/h2-6,9-12,20H,7-8,13-19H2,1H3,(H,26,30). The first-order valence-electron chi connectivity index (χ1n) is 11.5. The molecule has 7 nitrogen and oxygen atoms in total. The fourth-order valence-corrected chi connectivity index (χ4v) is 4.30. The van der Waals surface area contributed by atoms with Crippen LogP contribution in [0.3, 0.4) is 0 Å². The highest BCUT2D eigenvalue weighted by Gasteiger charge is 2.21. The van der Waals surface area contributed by atoms with E-state index in [0.717, 1.165) is 52.1 Å². The van der Waals surface area contributed by atoms with E-state index in [0.29, 0.717) is 17.6 Å². The molecule has 0 bridgehead atoms. The van der Waals surface area contributed by atoms with Crippen molar-refractivity contribution in [1.82, 2.24) is 19.7 Å². The first kappa shape index (κ1) is 22.3. The van der Waals surface area contributed by atoms with Gasteiger partial charge >= 0.3 is 5.76 Å². The first-order valence-corrected chi connectivity index (χ1v) is 11.5. The summed E-state index contributed by atoms with van der Waals surface area (Å²) in [5.41, 5.74) is 2.52. The molecular weight excluding hydrogens is 404 g/mol. The summed E-state index contributed by atoms with van der Waals surface area (Å²) in [6.07, 6.45) is 1.96. The molecule has 2 aromatic carbocycles. The lowest BCUT2D eigenvalue weighted by atomic mass is 10.2. The Morgan fingerprint density at radius 3 is 2.44 bits per heavy atom. The van der Waals surface area contributed by atoms with E-state index in [4.69, 9.17) is 4.42 Å². The number of carbonyl (C=O) groups excluding carboxylic acids is 1. The van der Waals surface area contributed by atoms with Crippen LogP contribution in [0, 0.1) is 0 Å². The zero-order valence-electron chi connectivity index (χ0n) is 18.7. The summed E-state index contributed by atoms with van der Waals surface area (Å²) in [6, 6.07) is 17.2. The summed E-state index contributed by atoms with van der Waals surface area (Å²) in [5.74, 6) is -0.659. The molecule has 170 valence electrons. The molecule has 3 aromatic rings. The van der Waals surface area contributed by atoms with Crippen molar-refractivity contribution in [2.24, 2.45) is 0 Å². The van der Waals surface area contributed by atoms with Gasteiger partial charge in [-0.15, -0.1) is 0 Å². The van der Waals surface area contributed by atoms with Crippen molar-refractivity contribution in [1.29, 1.82) is 0 Å². The Hall–Kier alpha value is -2.90. The second kappa shape index (κ2) is 10.6. The van der Waals surface area contributed by atoms with Crippen molar-refractivity contribution >= 4 is 17.0 Å². The minimum atomic E-state index is -0.608. The zero-order valence-corrected chi connectivity index (χ0v) is 18.7. The Morgan fingerprint density at radius 1 is 0.969 bits per heavy atom. The molecule has 2 heterocycles. The number of fused-ring (bicyclic) bond motifs is 1. The van der Waals surface area contributed by atoms with E-state index < -0.39 is 11.8 Å². The summed E-state index contributed by atoms with van der Waals surface area (Å²) in [7, 11) is 0. The molecule has 1 saturated heterocycles. The van der Waals surface area contributed by atoms with Crippen LogP contribution in [-0.2, 0) is 11.3 Å². The molecule has 0 saturated carbocycles. The zero-order chi connectivity index (χ0) is 22.3.